The number of benzene rings is 1. The van der Waals surface area contributed by atoms with E-state index in [-0.39, 0.29) is 0 Å². The third kappa shape index (κ3) is 2.09. The molecule has 3 heteroatoms. The first-order valence-corrected chi connectivity index (χ1v) is 8.29. The Hall–Kier alpha value is -2.52. The molecule has 0 amide bonds. The minimum absolute atomic E-state index is 0.618. The molecule has 1 aromatic carbocycles. The van der Waals surface area contributed by atoms with Crippen LogP contribution in [0.4, 0.5) is 0 Å². The monoisotopic (exact) mass is 319 g/mol. The summed E-state index contributed by atoms with van der Waals surface area (Å²) in [7, 11) is 3.45. The van der Waals surface area contributed by atoms with Crippen molar-refractivity contribution in [1.29, 1.82) is 0 Å². The summed E-state index contributed by atoms with van der Waals surface area (Å²) in [5, 5.41) is 0. The molecule has 3 aromatic heterocycles. The van der Waals surface area contributed by atoms with Crippen LogP contribution in [0.25, 0.3) is 27.7 Å². The SMILES string of the molecule is CCc1c(-c2ccc(OC)cc2)c2c(COC)cc3cccc1n32. The summed E-state index contributed by atoms with van der Waals surface area (Å²) in [5.41, 5.74) is 8.94. The summed E-state index contributed by atoms with van der Waals surface area (Å²) >= 11 is 0. The first kappa shape index (κ1) is 15.0. The van der Waals surface area contributed by atoms with Crippen LogP contribution in [0.3, 0.4) is 0 Å². The molecule has 0 N–H and O–H groups in total. The first-order valence-electron chi connectivity index (χ1n) is 8.29. The van der Waals surface area contributed by atoms with Crippen molar-refractivity contribution in [2.24, 2.45) is 0 Å². The zero-order valence-corrected chi connectivity index (χ0v) is 14.3. The van der Waals surface area contributed by atoms with Crippen molar-refractivity contribution in [3.8, 4) is 16.9 Å². The Kier molecular flexibility index (Phi) is 3.66. The quantitative estimate of drug-likeness (QED) is 0.521. The number of hydrogen-bond acceptors (Lipinski definition) is 2. The number of pyridine rings is 1. The number of methoxy groups -OCH3 is 2. The van der Waals surface area contributed by atoms with Crippen LogP contribution in [0, 0.1) is 0 Å². The van der Waals surface area contributed by atoms with E-state index in [4.69, 9.17) is 9.47 Å². The molecule has 0 saturated carbocycles. The van der Waals surface area contributed by atoms with E-state index in [0.717, 1.165) is 12.2 Å². The summed E-state index contributed by atoms with van der Waals surface area (Å²) in [4.78, 5) is 0. The Bertz CT molecular complexity index is 983. The molecule has 3 nitrogen and oxygen atoms in total. The van der Waals surface area contributed by atoms with Crippen molar-refractivity contribution in [2.75, 3.05) is 14.2 Å². The van der Waals surface area contributed by atoms with Gasteiger partial charge in [-0.1, -0.05) is 25.1 Å². The second-order valence-corrected chi connectivity index (χ2v) is 6.06. The van der Waals surface area contributed by atoms with Gasteiger partial charge in [0.1, 0.15) is 5.75 Å². The maximum absolute atomic E-state index is 5.46. The van der Waals surface area contributed by atoms with E-state index in [1.807, 2.05) is 12.1 Å². The summed E-state index contributed by atoms with van der Waals surface area (Å²) in [5.74, 6) is 0.880. The topological polar surface area (TPSA) is 22.9 Å². The van der Waals surface area contributed by atoms with Gasteiger partial charge in [-0.25, -0.2) is 0 Å². The average Bonchev–Trinajstić information content (AvgIpc) is 3.15. The number of ether oxygens (including phenoxy) is 2. The Morgan fingerprint density at radius 3 is 2.46 bits per heavy atom. The van der Waals surface area contributed by atoms with Crippen molar-refractivity contribution >= 4 is 16.6 Å². The van der Waals surface area contributed by atoms with Gasteiger partial charge in [0.15, 0.2) is 0 Å². The van der Waals surface area contributed by atoms with Gasteiger partial charge in [-0.15, -0.1) is 0 Å². The minimum atomic E-state index is 0.618. The number of hydrogen-bond donors (Lipinski definition) is 0. The largest absolute Gasteiger partial charge is 0.497 e. The van der Waals surface area contributed by atoms with E-state index in [1.54, 1.807) is 14.2 Å². The standard InChI is InChI=1S/C21H21NO2/c1-4-18-19-7-5-6-16-12-15(13-23-2)21(22(16)19)20(18)14-8-10-17(24-3)11-9-14/h5-12H,4,13H2,1-3H3. The first-order chi connectivity index (χ1) is 11.8. The molecule has 24 heavy (non-hydrogen) atoms. The zero-order valence-electron chi connectivity index (χ0n) is 14.3. The maximum atomic E-state index is 5.46. The lowest BCUT2D eigenvalue weighted by molar-refractivity contribution is 0.186. The third-order valence-electron chi connectivity index (χ3n) is 4.75. The van der Waals surface area contributed by atoms with E-state index in [1.165, 1.54) is 38.8 Å². The van der Waals surface area contributed by atoms with Crippen LogP contribution in [0.1, 0.15) is 18.1 Å². The summed E-state index contributed by atoms with van der Waals surface area (Å²) in [6.07, 6.45) is 0.995. The molecular weight excluding hydrogens is 298 g/mol. The van der Waals surface area contributed by atoms with Gasteiger partial charge in [0.05, 0.1) is 24.8 Å². The summed E-state index contributed by atoms with van der Waals surface area (Å²) in [6, 6.07) is 17.1. The minimum Gasteiger partial charge on any atom is -0.497 e. The molecule has 0 radical (unpaired) electrons. The molecular formula is C21H21NO2. The van der Waals surface area contributed by atoms with Gasteiger partial charge in [0, 0.05) is 23.8 Å². The van der Waals surface area contributed by atoms with E-state index in [9.17, 15) is 0 Å². The van der Waals surface area contributed by atoms with Crippen LogP contribution in [-0.2, 0) is 17.8 Å². The summed E-state index contributed by atoms with van der Waals surface area (Å²) in [6.45, 7) is 2.84. The fraction of sp³-hybridized carbons (Fsp3) is 0.238. The predicted molar refractivity (Wildman–Crippen MR) is 98.2 cm³/mol. The van der Waals surface area contributed by atoms with Gasteiger partial charge < -0.3 is 13.9 Å². The summed E-state index contributed by atoms with van der Waals surface area (Å²) < 4.78 is 13.1. The normalized spacial score (nSPS) is 11.6. The molecule has 0 aliphatic carbocycles. The predicted octanol–water partition coefficient (Wildman–Crippen LogP) is 4.91. The molecule has 4 aromatic rings. The van der Waals surface area contributed by atoms with E-state index in [0.29, 0.717) is 6.61 Å². The molecule has 0 fully saturated rings. The second-order valence-electron chi connectivity index (χ2n) is 6.06. The van der Waals surface area contributed by atoms with Gasteiger partial charge >= 0.3 is 0 Å². The number of nitrogens with zero attached hydrogens (tertiary/aromatic N) is 1. The van der Waals surface area contributed by atoms with Crippen molar-refractivity contribution in [3.05, 3.63) is 59.7 Å². The van der Waals surface area contributed by atoms with Crippen molar-refractivity contribution < 1.29 is 9.47 Å². The highest BCUT2D eigenvalue weighted by Gasteiger charge is 2.21. The van der Waals surface area contributed by atoms with Crippen LogP contribution in [-0.4, -0.2) is 18.6 Å². The van der Waals surface area contributed by atoms with E-state index in [2.05, 4.69) is 47.7 Å². The van der Waals surface area contributed by atoms with Gasteiger partial charge in [-0.3, -0.25) is 0 Å². The molecule has 0 saturated heterocycles. The van der Waals surface area contributed by atoms with Gasteiger partial charge in [-0.05, 0) is 47.9 Å². The van der Waals surface area contributed by atoms with Crippen LogP contribution in [0.15, 0.2) is 48.5 Å². The van der Waals surface area contributed by atoms with Crippen LogP contribution in [0.5, 0.6) is 5.75 Å². The Labute approximate surface area is 141 Å². The Morgan fingerprint density at radius 2 is 1.79 bits per heavy atom. The highest BCUT2D eigenvalue weighted by Crippen LogP contribution is 2.39. The Balaban J connectivity index is 2.08. The maximum Gasteiger partial charge on any atom is 0.118 e. The number of aryl methyl sites for hydroxylation is 1. The molecule has 0 aliphatic heterocycles. The lowest BCUT2D eigenvalue weighted by atomic mass is 9.98. The smallest absolute Gasteiger partial charge is 0.118 e. The highest BCUT2D eigenvalue weighted by molar-refractivity contribution is 5.97. The van der Waals surface area contributed by atoms with Crippen molar-refractivity contribution in [3.63, 3.8) is 0 Å². The lowest BCUT2D eigenvalue weighted by Crippen LogP contribution is -1.89. The van der Waals surface area contributed by atoms with Gasteiger partial charge in [-0.2, -0.15) is 0 Å². The Morgan fingerprint density at radius 1 is 1.00 bits per heavy atom. The third-order valence-corrected chi connectivity index (χ3v) is 4.75. The number of rotatable bonds is 5. The zero-order chi connectivity index (χ0) is 16.7. The fourth-order valence-electron chi connectivity index (χ4n) is 3.75. The molecule has 4 rings (SSSR count). The molecule has 0 atom stereocenters. The lowest BCUT2D eigenvalue weighted by Gasteiger charge is -2.07. The van der Waals surface area contributed by atoms with E-state index < -0.39 is 0 Å². The molecule has 122 valence electrons. The highest BCUT2D eigenvalue weighted by atomic mass is 16.5. The molecule has 3 heterocycles. The van der Waals surface area contributed by atoms with Gasteiger partial charge in [0.25, 0.3) is 0 Å². The van der Waals surface area contributed by atoms with Crippen LogP contribution in [0.2, 0.25) is 0 Å². The van der Waals surface area contributed by atoms with Gasteiger partial charge in [0.2, 0.25) is 0 Å². The molecule has 0 bridgehead atoms. The molecule has 0 spiro atoms. The second kappa shape index (κ2) is 5.84. The van der Waals surface area contributed by atoms with Crippen LogP contribution >= 0.6 is 0 Å². The average molecular weight is 319 g/mol. The fourth-order valence-corrected chi connectivity index (χ4v) is 3.75. The van der Waals surface area contributed by atoms with Crippen molar-refractivity contribution in [1.82, 2.24) is 4.40 Å². The molecule has 0 aliphatic rings. The van der Waals surface area contributed by atoms with Crippen molar-refractivity contribution in [2.45, 2.75) is 20.0 Å². The number of aromatic nitrogens is 1. The molecule has 0 unspecified atom stereocenters. The van der Waals surface area contributed by atoms with E-state index >= 15 is 0 Å². The van der Waals surface area contributed by atoms with Crippen LogP contribution < -0.4 is 4.74 Å².